The lowest BCUT2D eigenvalue weighted by Crippen LogP contribution is -2.30. The topological polar surface area (TPSA) is 29.1 Å². The van der Waals surface area contributed by atoms with Crippen molar-refractivity contribution in [2.75, 3.05) is 5.88 Å². The fourth-order valence-electron chi connectivity index (χ4n) is 2.01. The van der Waals surface area contributed by atoms with Gasteiger partial charge in [0.2, 0.25) is 0 Å². The molecule has 0 saturated heterocycles. The Bertz CT molecular complexity index is 601. The summed E-state index contributed by atoms with van der Waals surface area (Å²) in [7, 11) is 0. The minimum atomic E-state index is -0.351. The summed E-state index contributed by atoms with van der Waals surface area (Å²) in [6, 6.07) is 13.3. The van der Waals surface area contributed by atoms with Crippen molar-refractivity contribution in [3.05, 3.63) is 71.0 Å². The van der Waals surface area contributed by atoms with Gasteiger partial charge >= 0.3 is 0 Å². The molecule has 0 radical (unpaired) electrons. The van der Waals surface area contributed by atoms with E-state index in [0.717, 1.165) is 5.56 Å². The number of carbonyl (C=O) groups excluding carboxylic acids is 1. The number of rotatable bonds is 4. The molecule has 0 aliphatic rings. The third-order valence-electron chi connectivity index (χ3n) is 3.09. The van der Waals surface area contributed by atoms with E-state index >= 15 is 0 Å². The Labute approximate surface area is 122 Å². The van der Waals surface area contributed by atoms with Gasteiger partial charge in [0.05, 0.1) is 6.04 Å². The molecule has 0 spiro atoms. The van der Waals surface area contributed by atoms with Gasteiger partial charge in [0, 0.05) is 11.4 Å². The number of halogens is 2. The lowest BCUT2D eigenvalue weighted by Gasteiger charge is -2.17. The second-order valence-electron chi connectivity index (χ2n) is 4.55. The van der Waals surface area contributed by atoms with Crippen LogP contribution in [0.5, 0.6) is 0 Å². The zero-order chi connectivity index (χ0) is 14.5. The Kier molecular flexibility index (Phi) is 4.74. The van der Waals surface area contributed by atoms with Gasteiger partial charge in [-0.3, -0.25) is 4.79 Å². The first-order valence-electron chi connectivity index (χ1n) is 6.29. The summed E-state index contributed by atoms with van der Waals surface area (Å²) in [5.74, 6) is -0.330. The van der Waals surface area contributed by atoms with E-state index in [2.05, 4.69) is 5.32 Å². The van der Waals surface area contributed by atoms with E-state index in [-0.39, 0.29) is 23.6 Å². The molecule has 0 fully saturated rings. The fourth-order valence-corrected chi connectivity index (χ4v) is 2.27. The summed E-state index contributed by atoms with van der Waals surface area (Å²) in [6.07, 6.45) is 0. The summed E-state index contributed by atoms with van der Waals surface area (Å²) in [5.41, 5.74) is 2.00. The highest BCUT2D eigenvalue weighted by Gasteiger charge is 2.16. The SMILES string of the molecule is Cc1cc(F)ccc1C(=O)NC(CCl)c1ccccc1. The van der Waals surface area contributed by atoms with Gasteiger partial charge in [-0.1, -0.05) is 30.3 Å². The van der Waals surface area contributed by atoms with Crippen molar-refractivity contribution in [1.82, 2.24) is 5.32 Å². The molecule has 1 N–H and O–H groups in total. The van der Waals surface area contributed by atoms with Crippen molar-refractivity contribution >= 4 is 17.5 Å². The number of hydrogen-bond acceptors (Lipinski definition) is 1. The first kappa shape index (κ1) is 14.5. The molecule has 0 aliphatic heterocycles. The predicted octanol–water partition coefficient (Wildman–Crippen LogP) is 3.84. The molecule has 0 aliphatic carbocycles. The van der Waals surface area contributed by atoms with Crippen molar-refractivity contribution in [1.29, 1.82) is 0 Å². The average Bonchev–Trinajstić information content (AvgIpc) is 2.45. The zero-order valence-corrected chi connectivity index (χ0v) is 11.8. The lowest BCUT2D eigenvalue weighted by atomic mass is 10.1. The maximum absolute atomic E-state index is 13.1. The highest BCUT2D eigenvalue weighted by atomic mass is 35.5. The van der Waals surface area contributed by atoms with Crippen LogP contribution in [0.1, 0.15) is 27.5 Å². The lowest BCUT2D eigenvalue weighted by molar-refractivity contribution is 0.0939. The molecular weight excluding hydrogens is 277 g/mol. The van der Waals surface area contributed by atoms with Crippen molar-refractivity contribution in [2.45, 2.75) is 13.0 Å². The summed E-state index contributed by atoms with van der Waals surface area (Å²) in [4.78, 5) is 12.2. The molecule has 2 aromatic rings. The maximum Gasteiger partial charge on any atom is 0.252 e. The van der Waals surface area contributed by atoms with Crippen LogP contribution < -0.4 is 5.32 Å². The predicted molar refractivity (Wildman–Crippen MR) is 78.5 cm³/mol. The first-order valence-corrected chi connectivity index (χ1v) is 6.83. The number of amides is 1. The van der Waals surface area contributed by atoms with Crippen molar-refractivity contribution < 1.29 is 9.18 Å². The van der Waals surface area contributed by atoms with Crippen molar-refractivity contribution in [3.8, 4) is 0 Å². The molecule has 0 saturated carbocycles. The van der Waals surface area contributed by atoms with Crippen LogP contribution in [0, 0.1) is 12.7 Å². The number of nitrogens with one attached hydrogen (secondary N) is 1. The Morgan fingerprint density at radius 2 is 1.95 bits per heavy atom. The molecule has 4 heteroatoms. The minimum Gasteiger partial charge on any atom is -0.344 e. The van der Waals surface area contributed by atoms with Crippen LogP contribution in [0.2, 0.25) is 0 Å². The number of aryl methyl sites for hydroxylation is 1. The summed E-state index contributed by atoms with van der Waals surface area (Å²) < 4.78 is 13.1. The van der Waals surface area contributed by atoms with E-state index in [1.807, 2.05) is 30.3 Å². The standard InChI is InChI=1S/C16H15ClFNO/c1-11-9-13(18)7-8-14(11)16(20)19-15(10-17)12-5-3-2-4-6-12/h2-9,15H,10H2,1H3,(H,19,20). The number of benzene rings is 2. The Hall–Kier alpha value is -1.87. The molecular formula is C16H15ClFNO. The van der Waals surface area contributed by atoms with Gasteiger partial charge in [-0.05, 0) is 36.2 Å². The summed E-state index contributed by atoms with van der Waals surface area (Å²) in [6.45, 7) is 1.70. The second kappa shape index (κ2) is 6.53. The molecule has 1 amide bonds. The molecule has 0 aromatic heterocycles. The Morgan fingerprint density at radius 1 is 1.25 bits per heavy atom. The molecule has 2 rings (SSSR count). The van der Waals surface area contributed by atoms with Gasteiger partial charge in [-0.15, -0.1) is 11.6 Å². The smallest absolute Gasteiger partial charge is 0.252 e. The van der Waals surface area contributed by atoms with Crippen molar-refractivity contribution in [3.63, 3.8) is 0 Å². The minimum absolute atomic E-state index is 0.253. The van der Waals surface area contributed by atoms with Gasteiger partial charge in [-0.2, -0.15) is 0 Å². The van der Waals surface area contributed by atoms with Crippen LogP contribution in [0.4, 0.5) is 4.39 Å². The van der Waals surface area contributed by atoms with Gasteiger partial charge in [0.25, 0.3) is 5.91 Å². The second-order valence-corrected chi connectivity index (χ2v) is 4.86. The van der Waals surface area contributed by atoms with Gasteiger partial charge in [0.1, 0.15) is 5.82 Å². The largest absolute Gasteiger partial charge is 0.344 e. The Balaban J connectivity index is 2.17. The van der Waals surface area contributed by atoms with Crippen LogP contribution in [-0.2, 0) is 0 Å². The van der Waals surface area contributed by atoms with Crippen LogP contribution in [0.15, 0.2) is 48.5 Å². The van der Waals surface area contributed by atoms with Crippen LogP contribution >= 0.6 is 11.6 Å². The zero-order valence-electron chi connectivity index (χ0n) is 11.1. The van der Waals surface area contributed by atoms with Crippen LogP contribution in [0.3, 0.4) is 0 Å². The van der Waals surface area contributed by atoms with Gasteiger partial charge in [0.15, 0.2) is 0 Å². The average molecular weight is 292 g/mol. The van der Waals surface area contributed by atoms with Crippen LogP contribution in [0.25, 0.3) is 0 Å². The van der Waals surface area contributed by atoms with Crippen LogP contribution in [-0.4, -0.2) is 11.8 Å². The molecule has 1 atom stereocenters. The maximum atomic E-state index is 13.1. The van der Waals surface area contributed by atoms with E-state index in [1.165, 1.54) is 18.2 Å². The number of alkyl halides is 1. The van der Waals surface area contributed by atoms with Crippen molar-refractivity contribution in [2.24, 2.45) is 0 Å². The molecule has 1 unspecified atom stereocenters. The molecule has 0 heterocycles. The van der Waals surface area contributed by atoms with E-state index in [4.69, 9.17) is 11.6 Å². The number of hydrogen-bond donors (Lipinski definition) is 1. The van der Waals surface area contributed by atoms with E-state index in [9.17, 15) is 9.18 Å². The van der Waals surface area contributed by atoms with E-state index in [1.54, 1.807) is 6.92 Å². The normalized spacial score (nSPS) is 11.9. The highest BCUT2D eigenvalue weighted by molar-refractivity contribution is 6.18. The molecule has 0 bridgehead atoms. The third-order valence-corrected chi connectivity index (χ3v) is 3.40. The quantitative estimate of drug-likeness (QED) is 0.852. The first-order chi connectivity index (χ1) is 9.61. The summed E-state index contributed by atoms with van der Waals surface area (Å²) in [5, 5.41) is 2.87. The van der Waals surface area contributed by atoms with E-state index in [0.29, 0.717) is 11.1 Å². The Morgan fingerprint density at radius 3 is 2.55 bits per heavy atom. The van der Waals surface area contributed by atoms with Gasteiger partial charge in [-0.25, -0.2) is 4.39 Å². The monoisotopic (exact) mass is 291 g/mol. The number of carbonyl (C=O) groups is 1. The molecule has 2 aromatic carbocycles. The molecule has 20 heavy (non-hydrogen) atoms. The third kappa shape index (κ3) is 3.36. The molecule has 104 valence electrons. The fraction of sp³-hybridized carbons (Fsp3) is 0.188. The van der Waals surface area contributed by atoms with E-state index < -0.39 is 0 Å². The highest BCUT2D eigenvalue weighted by Crippen LogP contribution is 2.16. The molecule has 2 nitrogen and oxygen atoms in total. The summed E-state index contributed by atoms with van der Waals surface area (Å²) >= 11 is 5.92. The van der Waals surface area contributed by atoms with Gasteiger partial charge < -0.3 is 5.32 Å².